The van der Waals surface area contributed by atoms with Crippen molar-refractivity contribution in [2.24, 2.45) is 0 Å². The molecule has 0 bridgehead atoms. The van der Waals surface area contributed by atoms with Gasteiger partial charge in [0.25, 0.3) is 0 Å². The van der Waals surface area contributed by atoms with Gasteiger partial charge in [0.1, 0.15) is 0 Å². The summed E-state index contributed by atoms with van der Waals surface area (Å²) in [6.45, 7) is 8.49. The molecule has 0 aliphatic heterocycles. The van der Waals surface area contributed by atoms with Crippen LogP contribution in [-0.4, -0.2) is 26.5 Å². The van der Waals surface area contributed by atoms with Crippen LogP contribution in [0.25, 0.3) is 11.4 Å². The van der Waals surface area contributed by atoms with Crippen LogP contribution in [0.15, 0.2) is 53.7 Å². The van der Waals surface area contributed by atoms with Gasteiger partial charge in [0.2, 0.25) is 11.1 Å². The van der Waals surface area contributed by atoms with E-state index in [1.165, 1.54) is 22.0 Å². The van der Waals surface area contributed by atoms with Crippen molar-refractivity contribution in [1.82, 2.24) is 14.9 Å². The van der Waals surface area contributed by atoms with Crippen LogP contribution >= 0.6 is 11.8 Å². The molecule has 0 saturated carbocycles. The first-order valence-corrected chi connectivity index (χ1v) is 10.0. The maximum atomic E-state index is 12.2. The number of amides is 1. The van der Waals surface area contributed by atoms with Crippen LogP contribution in [-0.2, 0) is 10.2 Å². The summed E-state index contributed by atoms with van der Waals surface area (Å²) < 4.78 is 1.43. The summed E-state index contributed by atoms with van der Waals surface area (Å²) >= 11 is 1.25. The van der Waals surface area contributed by atoms with Gasteiger partial charge in [0.05, 0.1) is 5.75 Å². The molecule has 1 amide bonds. The summed E-state index contributed by atoms with van der Waals surface area (Å²) in [5, 5.41) is 11.7. The summed E-state index contributed by atoms with van der Waals surface area (Å²) in [7, 11) is 0. The SMILES string of the molecule is Cc1cccc(NC(=O)CSc2nnc(-c3ccc(C(C)(C)C)cc3)n2N)c1. The summed E-state index contributed by atoms with van der Waals surface area (Å²) in [5.41, 5.74) is 4.08. The van der Waals surface area contributed by atoms with Crippen molar-refractivity contribution in [3.8, 4) is 11.4 Å². The zero-order chi connectivity index (χ0) is 20.3. The maximum absolute atomic E-state index is 12.2. The summed E-state index contributed by atoms with van der Waals surface area (Å²) in [6.07, 6.45) is 0. The Morgan fingerprint density at radius 3 is 2.50 bits per heavy atom. The lowest BCUT2D eigenvalue weighted by atomic mass is 9.87. The Kier molecular flexibility index (Phi) is 5.74. The van der Waals surface area contributed by atoms with Crippen LogP contribution < -0.4 is 11.2 Å². The molecule has 0 atom stereocenters. The molecule has 28 heavy (non-hydrogen) atoms. The number of benzene rings is 2. The predicted octanol–water partition coefficient (Wildman–Crippen LogP) is 4.00. The second-order valence-electron chi connectivity index (χ2n) is 7.71. The highest BCUT2D eigenvalue weighted by molar-refractivity contribution is 7.99. The molecule has 6 nitrogen and oxygen atoms in total. The standard InChI is InChI=1S/C21H25N5OS/c1-14-6-5-7-17(12-14)23-18(27)13-28-20-25-24-19(26(20)22)15-8-10-16(11-9-15)21(2,3)4/h5-12H,13,22H2,1-4H3,(H,23,27). The number of carbonyl (C=O) groups is 1. The van der Waals surface area contributed by atoms with E-state index >= 15 is 0 Å². The molecule has 3 rings (SSSR count). The molecule has 146 valence electrons. The van der Waals surface area contributed by atoms with Crippen LogP contribution in [0.1, 0.15) is 31.9 Å². The fraction of sp³-hybridized carbons (Fsp3) is 0.286. The Morgan fingerprint density at radius 2 is 1.86 bits per heavy atom. The van der Waals surface area contributed by atoms with Gasteiger partial charge in [-0.2, -0.15) is 0 Å². The van der Waals surface area contributed by atoms with Crippen molar-refractivity contribution < 1.29 is 4.79 Å². The van der Waals surface area contributed by atoms with Crippen molar-refractivity contribution in [3.63, 3.8) is 0 Å². The van der Waals surface area contributed by atoms with Crippen LogP contribution in [0.4, 0.5) is 5.69 Å². The zero-order valence-electron chi connectivity index (χ0n) is 16.6. The molecule has 1 heterocycles. The van der Waals surface area contributed by atoms with Crippen LogP contribution in [0.3, 0.4) is 0 Å². The number of nitrogens with one attached hydrogen (secondary N) is 1. The van der Waals surface area contributed by atoms with Crippen molar-refractivity contribution in [2.45, 2.75) is 38.3 Å². The smallest absolute Gasteiger partial charge is 0.234 e. The third kappa shape index (κ3) is 4.72. The van der Waals surface area contributed by atoms with Crippen LogP contribution in [0, 0.1) is 6.92 Å². The van der Waals surface area contributed by atoms with Gasteiger partial charge in [-0.15, -0.1) is 10.2 Å². The Morgan fingerprint density at radius 1 is 1.14 bits per heavy atom. The molecule has 0 unspecified atom stereocenters. The maximum Gasteiger partial charge on any atom is 0.234 e. The number of aromatic nitrogens is 3. The summed E-state index contributed by atoms with van der Waals surface area (Å²) in [4.78, 5) is 12.2. The van der Waals surface area contributed by atoms with Gasteiger partial charge in [0.15, 0.2) is 5.82 Å². The molecule has 3 N–H and O–H groups in total. The summed E-state index contributed by atoms with van der Waals surface area (Å²) in [5.74, 6) is 6.81. The quantitative estimate of drug-likeness (QED) is 0.504. The lowest BCUT2D eigenvalue weighted by Crippen LogP contribution is -2.16. The van der Waals surface area contributed by atoms with Gasteiger partial charge in [-0.1, -0.05) is 68.9 Å². The lowest BCUT2D eigenvalue weighted by molar-refractivity contribution is -0.113. The molecule has 0 fully saturated rings. The third-order valence-electron chi connectivity index (χ3n) is 4.31. The highest BCUT2D eigenvalue weighted by atomic mass is 32.2. The van der Waals surface area contributed by atoms with Gasteiger partial charge in [-0.25, -0.2) is 4.68 Å². The van der Waals surface area contributed by atoms with E-state index in [2.05, 4.69) is 48.4 Å². The first-order chi connectivity index (χ1) is 13.2. The fourth-order valence-corrected chi connectivity index (χ4v) is 3.40. The minimum Gasteiger partial charge on any atom is -0.335 e. The van der Waals surface area contributed by atoms with Crippen LogP contribution in [0.5, 0.6) is 0 Å². The number of nitrogens with zero attached hydrogens (tertiary/aromatic N) is 3. The number of anilines is 1. The largest absolute Gasteiger partial charge is 0.335 e. The normalized spacial score (nSPS) is 11.4. The lowest BCUT2D eigenvalue weighted by Gasteiger charge is -2.19. The van der Waals surface area contributed by atoms with Crippen molar-refractivity contribution in [3.05, 3.63) is 59.7 Å². The van der Waals surface area contributed by atoms with Gasteiger partial charge < -0.3 is 11.2 Å². The van der Waals surface area contributed by atoms with Crippen LogP contribution in [0.2, 0.25) is 0 Å². The average Bonchev–Trinajstić information content (AvgIpc) is 3.00. The van der Waals surface area contributed by atoms with E-state index in [0.717, 1.165) is 16.8 Å². The Balaban J connectivity index is 1.65. The molecule has 0 spiro atoms. The Labute approximate surface area is 169 Å². The third-order valence-corrected chi connectivity index (χ3v) is 5.25. The first-order valence-electron chi connectivity index (χ1n) is 9.05. The van der Waals surface area contributed by atoms with E-state index in [9.17, 15) is 4.79 Å². The molecule has 7 heteroatoms. The molecular weight excluding hydrogens is 370 g/mol. The van der Waals surface area contributed by atoms with E-state index in [1.54, 1.807) is 0 Å². The van der Waals surface area contributed by atoms with E-state index in [4.69, 9.17) is 5.84 Å². The minimum absolute atomic E-state index is 0.0839. The highest BCUT2D eigenvalue weighted by Crippen LogP contribution is 2.26. The second kappa shape index (κ2) is 8.06. The van der Waals surface area contributed by atoms with Gasteiger partial charge in [-0.3, -0.25) is 4.79 Å². The number of nitrogen functional groups attached to an aromatic ring is 1. The number of hydrogen-bond acceptors (Lipinski definition) is 5. The molecule has 1 aromatic heterocycles. The average molecular weight is 396 g/mol. The number of nitrogens with two attached hydrogens (primary N) is 1. The first kappa shape index (κ1) is 19.9. The number of hydrogen-bond donors (Lipinski definition) is 2. The summed E-state index contributed by atoms with van der Waals surface area (Å²) in [6, 6.07) is 15.8. The van der Waals surface area contributed by atoms with E-state index in [-0.39, 0.29) is 17.1 Å². The highest BCUT2D eigenvalue weighted by Gasteiger charge is 2.16. The number of rotatable bonds is 5. The monoisotopic (exact) mass is 395 g/mol. The van der Waals surface area contributed by atoms with E-state index in [1.807, 2.05) is 43.3 Å². The van der Waals surface area contributed by atoms with Crippen molar-refractivity contribution in [2.75, 3.05) is 16.9 Å². The number of aryl methyl sites for hydroxylation is 1. The number of carbonyl (C=O) groups excluding carboxylic acids is 1. The molecule has 0 radical (unpaired) electrons. The van der Waals surface area contributed by atoms with Gasteiger partial charge in [0, 0.05) is 11.3 Å². The van der Waals surface area contributed by atoms with Gasteiger partial charge >= 0.3 is 0 Å². The molecule has 0 aliphatic rings. The molecule has 0 saturated heterocycles. The zero-order valence-corrected chi connectivity index (χ0v) is 17.4. The van der Waals surface area contributed by atoms with E-state index in [0.29, 0.717) is 11.0 Å². The molecule has 2 aromatic carbocycles. The molecule has 0 aliphatic carbocycles. The second-order valence-corrected chi connectivity index (χ2v) is 8.65. The van der Waals surface area contributed by atoms with E-state index < -0.39 is 0 Å². The predicted molar refractivity (Wildman–Crippen MR) is 115 cm³/mol. The molecule has 3 aromatic rings. The van der Waals surface area contributed by atoms with Crippen molar-refractivity contribution in [1.29, 1.82) is 0 Å². The van der Waals surface area contributed by atoms with Crippen molar-refractivity contribution >= 4 is 23.4 Å². The number of thioether (sulfide) groups is 1. The Bertz CT molecular complexity index is 973. The topological polar surface area (TPSA) is 85.8 Å². The molecular formula is C21H25N5OS. The Hall–Kier alpha value is -2.80. The van der Waals surface area contributed by atoms with Gasteiger partial charge in [-0.05, 0) is 35.6 Å². The fourth-order valence-electron chi connectivity index (χ4n) is 2.74. The minimum atomic E-state index is -0.116.